The van der Waals surface area contributed by atoms with Crippen molar-refractivity contribution in [1.82, 2.24) is 9.97 Å². The lowest BCUT2D eigenvalue weighted by molar-refractivity contribution is 0.887. The van der Waals surface area contributed by atoms with Gasteiger partial charge in [-0.05, 0) is 31.9 Å². The van der Waals surface area contributed by atoms with Crippen LogP contribution >= 0.6 is 11.3 Å². The first kappa shape index (κ1) is 15.8. The molecule has 0 aliphatic rings. The molecule has 0 radical (unpaired) electrons. The molecule has 114 valence electrons. The van der Waals surface area contributed by atoms with Crippen LogP contribution in [0.15, 0.2) is 18.5 Å². The van der Waals surface area contributed by atoms with E-state index in [0.29, 0.717) is 0 Å². The highest BCUT2D eigenvalue weighted by atomic mass is 32.1. The van der Waals surface area contributed by atoms with E-state index in [0.717, 1.165) is 44.0 Å². The third-order valence-corrected chi connectivity index (χ3v) is 4.21. The number of aromatic nitrogens is 2. The van der Waals surface area contributed by atoms with Crippen molar-refractivity contribution in [2.24, 2.45) is 0 Å². The molecule has 0 unspecified atom stereocenters. The number of thiophene rings is 1. The molecule has 0 amide bonds. The van der Waals surface area contributed by atoms with Crippen LogP contribution in [0, 0.1) is 6.92 Å². The van der Waals surface area contributed by atoms with Crippen molar-refractivity contribution in [2.45, 2.75) is 46.6 Å². The van der Waals surface area contributed by atoms with Crippen LogP contribution in [0.25, 0.3) is 0 Å². The molecule has 2 heterocycles. The molecular weight excluding hydrogens is 280 g/mol. The fourth-order valence-electron chi connectivity index (χ4n) is 2.20. The Balaban J connectivity index is 2.12. The molecule has 0 saturated carbocycles. The van der Waals surface area contributed by atoms with Gasteiger partial charge in [-0.1, -0.05) is 20.3 Å². The van der Waals surface area contributed by atoms with Gasteiger partial charge < -0.3 is 10.6 Å². The standard InChI is InChI=1S/C16H24N4S/c1-4-6-14-15(17-9-5-2)19-11-20-16(14)18-10-13-8-7-12(3)21-13/h7-8,11H,4-6,9-10H2,1-3H3,(H2,17,18,19,20). The summed E-state index contributed by atoms with van der Waals surface area (Å²) in [6, 6.07) is 4.33. The van der Waals surface area contributed by atoms with Crippen molar-refractivity contribution in [1.29, 1.82) is 0 Å². The van der Waals surface area contributed by atoms with E-state index in [9.17, 15) is 0 Å². The van der Waals surface area contributed by atoms with Crippen LogP contribution in [0.2, 0.25) is 0 Å². The number of aryl methyl sites for hydroxylation is 1. The molecular formula is C16H24N4S. The first-order chi connectivity index (χ1) is 10.2. The number of nitrogens with one attached hydrogen (secondary N) is 2. The molecule has 4 nitrogen and oxygen atoms in total. The Labute approximate surface area is 131 Å². The minimum Gasteiger partial charge on any atom is -0.370 e. The van der Waals surface area contributed by atoms with E-state index >= 15 is 0 Å². The molecule has 2 aromatic heterocycles. The van der Waals surface area contributed by atoms with Crippen LogP contribution in [-0.4, -0.2) is 16.5 Å². The van der Waals surface area contributed by atoms with E-state index in [1.54, 1.807) is 6.33 Å². The number of anilines is 2. The average Bonchev–Trinajstić information content (AvgIpc) is 2.90. The Morgan fingerprint density at radius 2 is 1.81 bits per heavy atom. The summed E-state index contributed by atoms with van der Waals surface area (Å²) in [6.07, 6.45) is 4.80. The van der Waals surface area contributed by atoms with E-state index in [2.05, 4.69) is 53.5 Å². The van der Waals surface area contributed by atoms with Crippen molar-refractivity contribution < 1.29 is 0 Å². The largest absolute Gasteiger partial charge is 0.370 e. The van der Waals surface area contributed by atoms with Crippen molar-refractivity contribution in [3.05, 3.63) is 33.8 Å². The van der Waals surface area contributed by atoms with Gasteiger partial charge in [0.2, 0.25) is 0 Å². The Morgan fingerprint density at radius 3 is 2.43 bits per heavy atom. The summed E-state index contributed by atoms with van der Waals surface area (Å²) in [7, 11) is 0. The van der Waals surface area contributed by atoms with Crippen LogP contribution < -0.4 is 10.6 Å². The summed E-state index contributed by atoms with van der Waals surface area (Å²) in [6.45, 7) is 8.24. The van der Waals surface area contributed by atoms with Gasteiger partial charge in [0.1, 0.15) is 18.0 Å². The minimum atomic E-state index is 0.819. The van der Waals surface area contributed by atoms with E-state index < -0.39 is 0 Å². The van der Waals surface area contributed by atoms with Crippen molar-refractivity contribution in [2.75, 3.05) is 17.2 Å². The minimum absolute atomic E-state index is 0.819. The van der Waals surface area contributed by atoms with Gasteiger partial charge in [0.15, 0.2) is 0 Å². The molecule has 0 aliphatic heterocycles. The lowest BCUT2D eigenvalue weighted by Crippen LogP contribution is -2.10. The molecule has 21 heavy (non-hydrogen) atoms. The van der Waals surface area contributed by atoms with Gasteiger partial charge in [0.05, 0.1) is 6.54 Å². The summed E-state index contributed by atoms with van der Waals surface area (Å²) in [4.78, 5) is 11.5. The predicted octanol–water partition coefficient (Wildman–Crippen LogP) is 4.23. The SMILES string of the molecule is CCCNc1ncnc(NCc2ccc(C)s2)c1CCC. The molecule has 5 heteroatoms. The van der Waals surface area contributed by atoms with E-state index in [4.69, 9.17) is 0 Å². The second-order valence-electron chi connectivity index (χ2n) is 5.09. The van der Waals surface area contributed by atoms with Gasteiger partial charge in [0, 0.05) is 21.9 Å². The first-order valence-corrected chi connectivity index (χ1v) is 8.43. The lowest BCUT2D eigenvalue weighted by Gasteiger charge is -2.14. The van der Waals surface area contributed by atoms with E-state index in [1.165, 1.54) is 15.3 Å². The van der Waals surface area contributed by atoms with Gasteiger partial charge in [-0.2, -0.15) is 0 Å². The van der Waals surface area contributed by atoms with Gasteiger partial charge in [-0.15, -0.1) is 11.3 Å². The monoisotopic (exact) mass is 304 g/mol. The third kappa shape index (κ3) is 4.43. The maximum absolute atomic E-state index is 4.43. The van der Waals surface area contributed by atoms with Crippen molar-refractivity contribution in [3.63, 3.8) is 0 Å². The topological polar surface area (TPSA) is 49.8 Å². The molecule has 0 atom stereocenters. The fraction of sp³-hybridized carbons (Fsp3) is 0.500. The van der Waals surface area contributed by atoms with Gasteiger partial charge in [0.25, 0.3) is 0 Å². The number of hydrogen-bond donors (Lipinski definition) is 2. The van der Waals surface area contributed by atoms with Crippen LogP contribution in [0.1, 0.15) is 42.0 Å². The van der Waals surface area contributed by atoms with E-state index in [-0.39, 0.29) is 0 Å². The summed E-state index contributed by atoms with van der Waals surface area (Å²) in [5.74, 6) is 1.93. The van der Waals surface area contributed by atoms with Gasteiger partial charge >= 0.3 is 0 Å². The van der Waals surface area contributed by atoms with E-state index in [1.807, 2.05) is 11.3 Å². The first-order valence-electron chi connectivity index (χ1n) is 7.61. The Bertz CT molecular complexity index is 565. The molecule has 0 fully saturated rings. The summed E-state index contributed by atoms with van der Waals surface area (Å²) in [5, 5.41) is 6.87. The Hall–Kier alpha value is -1.62. The second kappa shape index (κ2) is 7.98. The van der Waals surface area contributed by atoms with Gasteiger partial charge in [-0.25, -0.2) is 9.97 Å². The quantitative estimate of drug-likeness (QED) is 0.766. The summed E-state index contributed by atoms with van der Waals surface area (Å²) >= 11 is 1.82. The Morgan fingerprint density at radius 1 is 1.05 bits per heavy atom. The number of rotatable bonds is 8. The highest BCUT2D eigenvalue weighted by molar-refractivity contribution is 7.11. The maximum atomic E-state index is 4.43. The van der Waals surface area contributed by atoms with Crippen LogP contribution in [0.3, 0.4) is 0 Å². The zero-order valence-corrected chi connectivity index (χ0v) is 13.9. The smallest absolute Gasteiger partial charge is 0.135 e. The van der Waals surface area contributed by atoms with Crippen molar-refractivity contribution >= 4 is 23.0 Å². The summed E-state index contributed by atoms with van der Waals surface area (Å²) < 4.78 is 0. The average molecular weight is 304 g/mol. The second-order valence-corrected chi connectivity index (χ2v) is 6.46. The highest BCUT2D eigenvalue weighted by Gasteiger charge is 2.10. The molecule has 2 rings (SSSR count). The van der Waals surface area contributed by atoms with Crippen molar-refractivity contribution in [3.8, 4) is 0 Å². The van der Waals surface area contributed by atoms with Gasteiger partial charge in [-0.3, -0.25) is 0 Å². The zero-order valence-electron chi connectivity index (χ0n) is 13.1. The fourth-order valence-corrected chi connectivity index (χ4v) is 3.03. The molecule has 0 saturated heterocycles. The molecule has 2 aromatic rings. The zero-order chi connectivity index (χ0) is 15.1. The Kier molecular flexibility index (Phi) is 5.99. The molecule has 0 aromatic carbocycles. The molecule has 0 aliphatic carbocycles. The van der Waals surface area contributed by atoms with Crippen LogP contribution in [0.5, 0.6) is 0 Å². The highest BCUT2D eigenvalue weighted by Crippen LogP contribution is 2.23. The normalized spacial score (nSPS) is 10.6. The predicted molar refractivity (Wildman–Crippen MR) is 91.2 cm³/mol. The maximum Gasteiger partial charge on any atom is 0.135 e. The molecule has 0 bridgehead atoms. The molecule has 2 N–H and O–H groups in total. The summed E-state index contributed by atoms with van der Waals surface area (Å²) in [5.41, 5.74) is 1.20. The third-order valence-electron chi connectivity index (χ3n) is 3.21. The number of nitrogens with zero attached hydrogens (tertiary/aromatic N) is 2. The van der Waals surface area contributed by atoms with Crippen LogP contribution in [-0.2, 0) is 13.0 Å². The molecule has 0 spiro atoms. The lowest BCUT2D eigenvalue weighted by atomic mass is 10.1. The number of hydrogen-bond acceptors (Lipinski definition) is 5. The van der Waals surface area contributed by atoms with Crippen LogP contribution in [0.4, 0.5) is 11.6 Å².